The maximum absolute atomic E-state index is 7.64. The van der Waals surface area contributed by atoms with Crippen LogP contribution < -0.4 is 10.6 Å². The highest BCUT2D eigenvalue weighted by Crippen LogP contribution is 2.24. The van der Waals surface area contributed by atoms with Crippen LogP contribution in [0.25, 0.3) is 0 Å². The van der Waals surface area contributed by atoms with E-state index in [0.29, 0.717) is 0 Å². The summed E-state index contributed by atoms with van der Waals surface area (Å²) in [5, 5.41) is 7.64. The number of nitrogens with zero attached hydrogens (tertiary/aromatic N) is 1. The van der Waals surface area contributed by atoms with Gasteiger partial charge in [0.15, 0.2) is 0 Å². The fourth-order valence-corrected chi connectivity index (χ4v) is 2.28. The fourth-order valence-electron chi connectivity index (χ4n) is 2.28. The van der Waals surface area contributed by atoms with Gasteiger partial charge in [-0.2, -0.15) is 0 Å². The zero-order chi connectivity index (χ0) is 11.5. The van der Waals surface area contributed by atoms with Crippen LogP contribution in [0.4, 0.5) is 5.69 Å². The van der Waals surface area contributed by atoms with Crippen LogP contribution in [0.5, 0.6) is 0 Å². The summed E-state index contributed by atoms with van der Waals surface area (Å²) in [7, 11) is 0. The number of hydrogen-bond donors (Lipinski definition) is 2. The van der Waals surface area contributed by atoms with Crippen LogP contribution in [0.1, 0.15) is 30.4 Å². The van der Waals surface area contributed by atoms with Gasteiger partial charge >= 0.3 is 0 Å². The van der Waals surface area contributed by atoms with E-state index in [9.17, 15) is 0 Å². The van der Waals surface area contributed by atoms with E-state index >= 15 is 0 Å². The quantitative estimate of drug-likeness (QED) is 0.590. The molecule has 1 fully saturated rings. The molecule has 0 amide bonds. The van der Waals surface area contributed by atoms with Gasteiger partial charge in [-0.1, -0.05) is 11.6 Å². The minimum absolute atomic E-state index is 0.171. The second-order valence-corrected chi connectivity index (χ2v) is 4.48. The molecule has 0 saturated carbocycles. The molecule has 1 aromatic rings. The van der Waals surface area contributed by atoms with Crippen molar-refractivity contribution in [1.82, 2.24) is 0 Å². The molecule has 0 aromatic heterocycles. The lowest BCUT2D eigenvalue weighted by Crippen LogP contribution is -2.31. The van der Waals surface area contributed by atoms with Crippen LogP contribution in [0.15, 0.2) is 18.2 Å². The molecule has 1 aromatic carbocycles. The van der Waals surface area contributed by atoms with Crippen molar-refractivity contribution in [2.75, 3.05) is 18.0 Å². The average Bonchev–Trinajstić information content (AvgIpc) is 2.30. The summed E-state index contributed by atoms with van der Waals surface area (Å²) in [6.45, 7) is 4.21. The standard InChI is InChI=1S/C13H19N3/c1-10-5-6-12(11(9-10)13(14)15)16-7-3-2-4-8-16/h5-6,9H,2-4,7-8H2,1H3,(H3,14,15). The predicted molar refractivity (Wildman–Crippen MR) is 68.3 cm³/mol. The van der Waals surface area contributed by atoms with E-state index in [-0.39, 0.29) is 5.84 Å². The largest absolute Gasteiger partial charge is 0.384 e. The van der Waals surface area contributed by atoms with Gasteiger partial charge in [0, 0.05) is 24.3 Å². The molecule has 0 bridgehead atoms. The van der Waals surface area contributed by atoms with Crippen molar-refractivity contribution < 1.29 is 0 Å². The molecule has 2 rings (SSSR count). The molecule has 3 nitrogen and oxygen atoms in total. The van der Waals surface area contributed by atoms with Gasteiger partial charge in [-0.25, -0.2) is 0 Å². The number of benzene rings is 1. The van der Waals surface area contributed by atoms with Gasteiger partial charge in [0.1, 0.15) is 5.84 Å². The van der Waals surface area contributed by atoms with Gasteiger partial charge in [0.2, 0.25) is 0 Å². The maximum atomic E-state index is 7.64. The van der Waals surface area contributed by atoms with Crippen molar-refractivity contribution in [2.45, 2.75) is 26.2 Å². The van der Waals surface area contributed by atoms with Crippen LogP contribution in [0.3, 0.4) is 0 Å². The third-order valence-electron chi connectivity index (χ3n) is 3.14. The molecule has 0 unspecified atom stereocenters. The smallest absolute Gasteiger partial charge is 0.124 e. The monoisotopic (exact) mass is 217 g/mol. The van der Waals surface area contributed by atoms with Gasteiger partial charge < -0.3 is 10.6 Å². The molecular weight excluding hydrogens is 198 g/mol. The Morgan fingerprint density at radius 1 is 1.25 bits per heavy atom. The van der Waals surface area contributed by atoms with Gasteiger partial charge in [0.05, 0.1) is 0 Å². The number of piperidine rings is 1. The second-order valence-electron chi connectivity index (χ2n) is 4.48. The van der Waals surface area contributed by atoms with Crippen molar-refractivity contribution >= 4 is 11.5 Å². The normalized spacial score (nSPS) is 16.2. The molecule has 16 heavy (non-hydrogen) atoms. The van der Waals surface area contributed by atoms with E-state index < -0.39 is 0 Å². The first-order valence-corrected chi connectivity index (χ1v) is 5.88. The summed E-state index contributed by atoms with van der Waals surface area (Å²) in [5.74, 6) is 0.171. The van der Waals surface area contributed by atoms with E-state index in [1.165, 1.54) is 19.3 Å². The van der Waals surface area contributed by atoms with E-state index in [2.05, 4.69) is 17.0 Å². The Labute approximate surface area is 96.8 Å². The van der Waals surface area contributed by atoms with Crippen molar-refractivity contribution in [1.29, 1.82) is 5.41 Å². The first-order valence-electron chi connectivity index (χ1n) is 5.88. The Kier molecular flexibility index (Phi) is 3.13. The van der Waals surface area contributed by atoms with Crippen LogP contribution >= 0.6 is 0 Å². The van der Waals surface area contributed by atoms with Crippen molar-refractivity contribution in [2.24, 2.45) is 5.73 Å². The predicted octanol–water partition coefficient (Wildman–Crippen LogP) is 2.27. The summed E-state index contributed by atoms with van der Waals surface area (Å²) in [6, 6.07) is 6.19. The van der Waals surface area contributed by atoms with E-state index in [0.717, 1.165) is 29.9 Å². The third kappa shape index (κ3) is 2.18. The number of anilines is 1. The van der Waals surface area contributed by atoms with Crippen molar-refractivity contribution in [3.05, 3.63) is 29.3 Å². The summed E-state index contributed by atoms with van der Waals surface area (Å²) in [6.07, 6.45) is 3.80. The highest BCUT2D eigenvalue weighted by molar-refractivity contribution is 6.00. The number of hydrogen-bond acceptors (Lipinski definition) is 2. The molecular formula is C13H19N3. The Balaban J connectivity index is 2.34. The molecule has 1 aliphatic heterocycles. The molecule has 1 heterocycles. The van der Waals surface area contributed by atoms with E-state index in [1.807, 2.05) is 13.0 Å². The molecule has 86 valence electrons. The van der Waals surface area contributed by atoms with Crippen LogP contribution in [-0.2, 0) is 0 Å². The summed E-state index contributed by atoms with van der Waals surface area (Å²) in [5.41, 5.74) is 8.80. The molecule has 3 heteroatoms. The second kappa shape index (κ2) is 4.56. The highest BCUT2D eigenvalue weighted by Gasteiger charge is 2.15. The summed E-state index contributed by atoms with van der Waals surface area (Å²) >= 11 is 0. The number of nitrogens with two attached hydrogens (primary N) is 1. The minimum atomic E-state index is 0.171. The minimum Gasteiger partial charge on any atom is -0.384 e. The highest BCUT2D eigenvalue weighted by atomic mass is 15.1. The zero-order valence-corrected chi connectivity index (χ0v) is 9.79. The SMILES string of the molecule is Cc1ccc(N2CCCCC2)c(C(=N)N)c1. The maximum Gasteiger partial charge on any atom is 0.124 e. The molecule has 0 atom stereocenters. The Morgan fingerprint density at radius 2 is 1.94 bits per heavy atom. The fraction of sp³-hybridized carbons (Fsp3) is 0.462. The van der Waals surface area contributed by atoms with Crippen molar-refractivity contribution in [3.63, 3.8) is 0 Å². The van der Waals surface area contributed by atoms with E-state index in [4.69, 9.17) is 11.1 Å². The van der Waals surface area contributed by atoms with Gasteiger partial charge in [0.25, 0.3) is 0 Å². The van der Waals surface area contributed by atoms with Gasteiger partial charge in [-0.15, -0.1) is 0 Å². The zero-order valence-electron chi connectivity index (χ0n) is 9.79. The van der Waals surface area contributed by atoms with Crippen LogP contribution in [0, 0.1) is 12.3 Å². The molecule has 3 N–H and O–H groups in total. The molecule has 1 saturated heterocycles. The van der Waals surface area contributed by atoms with E-state index in [1.54, 1.807) is 0 Å². The summed E-state index contributed by atoms with van der Waals surface area (Å²) < 4.78 is 0. The molecule has 0 radical (unpaired) electrons. The average molecular weight is 217 g/mol. The Hall–Kier alpha value is -1.51. The number of rotatable bonds is 2. The third-order valence-corrected chi connectivity index (χ3v) is 3.14. The lowest BCUT2D eigenvalue weighted by molar-refractivity contribution is 0.577. The van der Waals surface area contributed by atoms with Crippen LogP contribution in [0.2, 0.25) is 0 Å². The van der Waals surface area contributed by atoms with Gasteiger partial charge in [-0.3, -0.25) is 5.41 Å². The topological polar surface area (TPSA) is 53.1 Å². The lowest BCUT2D eigenvalue weighted by atomic mass is 10.0. The molecule has 1 aliphatic rings. The number of nitrogens with one attached hydrogen (secondary N) is 1. The molecule has 0 aliphatic carbocycles. The first kappa shape index (κ1) is 11.0. The first-order chi connectivity index (χ1) is 7.68. The van der Waals surface area contributed by atoms with Gasteiger partial charge in [-0.05, 0) is 38.3 Å². The van der Waals surface area contributed by atoms with Crippen LogP contribution in [-0.4, -0.2) is 18.9 Å². The lowest BCUT2D eigenvalue weighted by Gasteiger charge is -2.30. The summed E-state index contributed by atoms with van der Waals surface area (Å²) in [4.78, 5) is 2.35. The molecule has 0 spiro atoms. The van der Waals surface area contributed by atoms with Crippen molar-refractivity contribution in [3.8, 4) is 0 Å². The number of nitrogen functional groups attached to an aromatic ring is 1. The number of amidine groups is 1. The number of aryl methyl sites for hydroxylation is 1. The Morgan fingerprint density at radius 3 is 2.56 bits per heavy atom. The Bertz CT molecular complexity index is 392.